The van der Waals surface area contributed by atoms with Gasteiger partial charge in [0.1, 0.15) is 0 Å². The Bertz CT molecular complexity index is 498. The van der Waals surface area contributed by atoms with Gasteiger partial charge in [0.2, 0.25) is 0 Å². The molecule has 7 heteroatoms. The van der Waals surface area contributed by atoms with Crippen molar-refractivity contribution in [3.05, 3.63) is 30.1 Å². The molecule has 2 heterocycles. The second-order valence-electron chi connectivity index (χ2n) is 4.94. The van der Waals surface area contributed by atoms with Crippen LogP contribution in [-0.4, -0.2) is 61.8 Å². The molecule has 0 aliphatic carbocycles. The lowest BCUT2D eigenvalue weighted by Gasteiger charge is -2.26. The molecule has 1 aliphatic rings. The first kappa shape index (κ1) is 15.4. The Kier molecular flexibility index (Phi) is 5.47. The van der Waals surface area contributed by atoms with Crippen LogP contribution >= 0.6 is 0 Å². The first-order chi connectivity index (χ1) is 9.60. The summed E-state index contributed by atoms with van der Waals surface area (Å²) < 4.78 is 28.0. The van der Waals surface area contributed by atoms with E-state index in [9.17, 15) is 8.42 Å². The summed E-state index contributed by atoms with van der Waals surface area (Å²) in [4.78, 5) is 3.96. The third-order valence-electron chi connectivity index (χ3n) is 3.48. The van der Waals surface area contributed by atoms with Crippen LogP contribution in [0.3, 0.4) is 0 Å². The average Bonchev–Trinajstić information content (AvgIpc) is 2.75. The Morgan fingerprint density at radius 2 is 2.05 bits per heavy atom. The average molecular weight is 298 g/mol. The minimum atomic E-state index is -3.34. The standard InChI is InChI=1S/C13H22N4O2S/c1-16(11-5-13-3-7-15-8-4-13)20(18,19)17-10-2-6-14-9-12-17/h3-4,7-8,14H,2,5-6,9-12H2,1H3. The number of rotatable bonds is 5. The van der Waals surface area contributed by atoms with Crippen LogP contribution in [0.2, 0.25) is 0 Å². The molecule has 1 aromatic heterocycles. The molecule has 0 bridgehead atoms. The molecule has 2 rings (SSSR count). The maximum atomic E-state index is 12.5. The molecule has 0 saturated carbocycles. The van der Waals surface area contributed by atoms with Gasteiger partial charge in [-0.3, -0.25) is 4.98 Å². The van der Waals surface area contributed by atoms with Gasteiger partial charge in [-0.2, -0.15) is 17.0 Å². The second-order valence-corrected chi connectivity index (χ2v) is 6.97. The summed E-state index contributed by atoms with van der Waals surface area (Å²) in [5.74, 6) is 0. The van der Waals surface area contributed by atoms with Gasteiger partial charge in [0.15, 0.2) is 0 Å². The fourth-order valence-electron chi connectivity index (χ4n) is 2.20. The van der Waals surface area contributed by atoms with Crippen LogP contribution in [0.4, 0.5) is 0 Å². The Morgan fingerprint density at radius 3 is 2.80 bits per heavy atom. The molecule has 0 radical (unpaired) electrons. The zero-order valence-corrected chi connectivity index (χ0v) is 12.6. The third-order valence-corrected chi connectivity index (χ3v) is 5.47. The van der Waals surface area contributed by atoms with E-state index in [4.69, 9.17) is 0 Å². The normalized spacial score (nSPS) is 18.1. The van der Waals surface area contributed by atoms with E-state index < -0.39 is 10.2 Å². The number of aromatic nitrogens is 1. The molecule has 112 valence electrons. The number of likely N-dealkylation sites (N-methyl/N-ethyl adjacent to an activating group) is 1. The lowest BCUT2D eigenvalue weighted by molar-refractivity contribution is 0.371. The van der Waals surface area contributed by atoms with Gasteiger partial charge < -0.3 is 5.32 Å². The van der Waals surface area contributed by atoms with Crippen LogP contribution in [0.5, 0.6) is 0 Å². The molecule has 0 spiro atoms. The van der Waals surface area contributed by atoms with Crippen molar-refractivity contribution in [1.29, 1.82) is 0 Å². The van der Waals surface area contributed by atoms with Gasteiger partial charge in [0, 0.05) is 45.6 Å². The number of nitrogens with zero attached hydrogens (tertiary/aromatic N) is 3. The number of hydrogen-bond acceptors (Lipinski definition) is 4. The van der Waals surface area contributed by atoms with Gasteiger partial charge in [-0.05, 0) is 37.1 Å². The summed E-state index contributed by atoms with van der Waals surface area (Å²) in [6, 6.07) is 3.83. The fourth-order valence-corrected chi connectivity index (χ4v) is 3.60. The van der Waals surface area contributed by atoms with Crippen LogP contribution in [0, 0.1) is 0 Å². The van der Waals surface area contributed by atoms with Crippen molar-refractivity contribution in [1.82, 2.24) is 18.9 Å². The predicted molar refractivity (Wildman–Crippen MR) is 78.6 cm³/mol. The zero-order chi connectivity index (χ0) is 14.4. The van der Waals surface area contributed by atoms with Gasteiger partial charge >= 0.3 is 0 Å². The molecule has 6 nitrogen and oxygen atoms in total. The van der Waals surface area contributed by atoms with Crippen molar-refractivity contribution < 1.29 is 8.42 Å². The van der Waals surface area contributed by atoms with Crippen LogP contribution in [-0.2, 0) is 16.6 Å². The van der Waals surface area contributed by atoms with Crippen molar-refractivity contribution in [2.24, 2.45) is 0 Å². The summed E-state index contributed by atoms with van der Waals surface area (Å²) in [6.07, 6.45) is 5.01. The summed E-state index contributed by atoms with van der Waals surface area (Å²) in [5.41, 5.74) is 1.10. The SMILES string of the molecule is CN(CCc1ccncc1)S(=O)(=O)N1CCCNCC1. The molecule has 0 aromatic carbocycles. The molecule has 0 amide bonds. The summed E-state index contributed by atoms with van der Waals surface area (Å²) in [6.45, 7) is 3.22. The lowest BCUT2D eigenvalue weighted by Crippen LogP contribution is -2.44. The first-order valence-corrected chi connectivity index (χ1v) is 8.31. The van der Waals surface area contributed by atoms with E-state index in [1.165, 1.54) is 4.31 Å². The minimum Gasteiger partial charge on any atom is -0.315 e. The van der Waals surface area contributed by atoms with Crippen molar-refractivity contribution in [3.8, 4) is 0 Å². The molecule has 1 fully saturated rings. The number of hydrogen-bond donors (Lipinski definition) is 1. The second kappa shape index (κ2) is 7.12. The topological polar surface area (TPSA) is 65.5 Å². The van der Waals surface area contributed by atoms with Crippen molar-refractivity contribution in [3.63, 3.8) is 0 Å². The van der Waals surface area contributed by atoms with Gasteiger partial charge in [-0.25, -0.2) is 0 Å². The van der Waals surface area contributed by atoms with E-state index in [1.54, 1.807) is 23.7 Å². The maximum absolute atomic E-state index is 12.5. The highest BCUT2D eigenvalue weighted by molar-refractivity contribution is 7.86. The lowest BCUT2D eigenvalue weighted by atomic mass is 10.2. The minimum absolute atomic E-state index is 0.482. The Labute approximate surface area is 121 Å². The maximum Gasteiger partial charge on any atom is 0.281 e. The van der Waals surface area contributed by atoms with Crippen molar-refractivity contribution >= 4 is 10.2 Å². The summed E-state index contributed by atoms with van der Waals surface area (Å²) in [5, 5.41) is 3.21. The predicted octanol–water partition coefficient (Wildman–Crippen LogP) is 0.0960. The largest absolute Gasteiger partial charge is 0.315 e. The van der Waals surface area contributed by atoms with E-state index >= 15 is 0 Å². The molecule has 0 atom stereocenters. The van der Waals surface area contributed by atoms with Crippen LogP contribution in [0.15, 0.2) is 24.5 Å². The van der Waals surface area contributed by atoms with Crippen molar-refractivity contribution in [2.45, 2.75) is 12.8 Å². The molecular weight excluding hydrogens is 276 g/mol. The highest BCUT2D eigenvalue weighted by Crippen LogP contribution is 2.10. The molecule has 1 saturated heterocycles. The quantitative estimate of drug-likeness (QED) is 0.837. The van der Waals surface area contributed by atoms with Gasteiger partial charge in [0.25, 0.3) is 10.2 Å². The molecule has 1 aliphatic heterocycles. The van der Waals surface area contributed by atoms with E-state index in [0.29, 0.717) is 26.1 Å². The molecule has 1 N–H and O–H groups in total. The van der Waals surface area contributed by atoms with Crippen LogP contribution in [0.1, 0.15) is 12.0 Å². The summed E-state index contributed by atoms with van der Waals surface area (Å²) in [7, 11) is -1.70. The number of pyridine rings is 1. The summed E-state index contributed by atoms with van der Waals surface area (Å²) >= 11 is 0. The molecule has 20 heavy (non-hydrogen) atoms. The first-order valence-electron chi connectivity index (χ1n) is 6.92. The van der Waals surface area contributed by atoms with Crippen LogP contribution < -0.4 is 5.32 Å². The Morgan fingerprint density at radius 1 is 1.30 bits per heavy atom. The van der Waals surface area contributed by atoms with E-state index in [0.717, 1.165) is 25.1 Å². The van der Waals surface area contributed by atoms with Gasteiger partial charge in [-0.15, -0.1) is 0 Å². The molecule has 0 unspecified atom stereocenters. The molecular formula is C13H22N4O2S. The zero-order valence-electron chi connectivity index (χ0n) is 11.8. The fraction of sp³-hybridized carbons (Fsp3) is 0.615. The Hall–Kier alpha value is -1.02. The Balaban J connectivity index is 1.94. The van der Waals surface area contributed by atoms with E-state index in [-0.39, 0.29) is 0 Å². The van der Waals surface area contributed by atoms with Crippen molar-refractivity contribution in [2.75, 3.05) is 39.8 Å². The highest BCUT2D eigenvalue weighted by atomic mass is 32.2. The van der Waals surface area contributed by atoms with Gasteiger partial charge in [0.05, 0.1) is 0 Å². The number of nitrogens with one attached hydrogen (secondary N) is 1. The van der Waals surface area contributed by atoms with E-state index in [1.807, 2.05) is 12.1 Å². The highest BCUT2D eigenvalue weighted by Gasteiger charge is 2.26. The van der Waals surface area contributed by atoms with E-state index in [2.05, 4.69) is 10.3 Å². The monoisotopic (exact) mass is 298 g/mol. The third kappa shape index (κ3) is 3.99. The molecule has 1 aromatic rings. The smallest absolute Gasteiger partial charge is 0.281 e. The van der Waals surface area contributed by atoms with Crippen LogP contribution in [0.25, 0.3) is 0 Å². The van der Waals surface area contributed by atoms with Gasteiger partial charge in [-0.1, -0.05) is 0 Å².